The van der Waals surface area contributed by atoms with Crippen molar-refractivity contribution in [3.8, 4) is 0 Å². The fourth-order valence-electron chi connectivity index (χ4n) is 2.20. The van der Waals surface area contributed by atoms with Gasteiger partial charge in [0, 0.05) is 11.1 Å². The number of hydrogen-bond donors (Lipinski definition) is 4. The van der Waals surface area contributed by atoms with E-state index in [9.17, 15) is 18.4 Å². The van der Waals surface area contributed by atoms with E-state index in [1.165, 1.54) is 12.1 Å². The highest BCUT2D eigenvalue weighted by molar-refractivity contribution is 6.05. The molecule has 7 nitrogen and oxygen atoms in total. The van der Waals surface area contributed by atoms with Crippen LogP contribution in [0.2, 0.25) is 0 Å². The van der Waals surface area contributed by atoms with Crippen LogP contribution in [-0.4, -0.2) is 29.0 Å². The lowest BCUT2D eigenvalue weighted by Gasteiger charge is -2.08. The summed E-state index contributed by atoms with van der Waals surface area (Å²) in [4.78, 5) is 26.7. The first-order valence-corrected chi connectivity index (χ1v) is 7.89. The Morgan fingerprint density at radius 3 is 2.44 bits per heavy atom. The number of rotatable bonds is 6. The third-order valence-corrected chi connectivity index (χ3v) is 3.66. The van der Waals surface area contributed by atoms with E-state index in [1.54, 1.807) is 12.1 Å². The molecule has 0 aliphatic carbocycles. The minimum Gasteiger partial charge on any atom is -0.480 e. The molecule has 1 atom stereocenters. The summed E-state index contributed by atoms with van der Waals surface area (Å²) in [6.07, 6.45) is 0.125. The van der Waals surface area contributed by atoms with Crippen molar-refractivity contribution in [2.24, 2.45) is 16.5 Å². The number of hydrogen-bond acceptors (Lipinski definition) is 4. The average Bonchev–Trinajstić information content (AvgIpc) is 2.62. The van der Waals surface area contributed by atoms with E-state index in [4.69, 9.17) is 16.6 Å². The zero-order chi connectivity index (χ0) is 20.0. The maximum absolute atomic E-state index is 13.5. The van der Waals surface area contributed by atoms with E-state index < -0.39 is 29.6 Å². The van der Waals surface area contributed by atoms with Gasteiger partial charge in [-0.1, -0.05) is 12.1 Å². The Morgan fingerprint density at radius 2 is 1.81 bits per heavy atom. The number of carbonyl (C=O) groups is 2. The molecule has 0 bridgehead atoms. The van der Waals surface area contributed by atoms with Crippen LogP contribution in [0.5, 0.6) is 0 Å². The van der Waals surface area contributed by atoms with Crippen LogP contribution in [0.4, 0.5) is 8.78 Å². The van der Waals surface area contributed by atoms with Crippen molar-refractivity contribution in [3.05, 3.63) is 70.8 Å². The van der Waals surface area contributed by atoms with Crippen LogP contribution in [0.15, 0.2) is 47.5 Å². The Kier molecular flexibility index (Phi) is 6.56. The fraction of sp³-hybridized carbons (Fsp3) is 0.167. The summed E-state index contributed by atoms with van der Waals surface area (Å²) in [5.41, 5.74) is 12.0. The van der Waals surface area contributed by atoms with Gasteiger partial charge in [0.05, 0.1) is 6.54 Å². The normalized spacial score (nSPS) is 12.5. The topological polar surface area (TPSA) is 131 Å². The minimum atomic E-state index is -1.12. The third-order valence-electron chi connectivity index (χ3n) is 3.66. The lowest BCUT2D eigenvalue weighted by Crippen LogP contribution is -2.36. The number of aliphatic imine (C=N–C) groups is 1. The molecular formula is C18H18F2N4O3. The van der Waals surface area contributed by atoms with E-state index in [-0.39, 0.29) is 30.1 Å². The number of aliphatic carboxylic acids is 1. The Morgan fingerprint density at radius 1 is 1.15 bits per heavy atom. The zero-order valence-electron chi connectivity index (χ0n) is 14.2. The first-order valence-electron chi connectivity index (χ1n) is 7.89. The van der Waals surface area contributed by atoms with Gasteiger partial charge in [0.15, 0.2) is 5.96 Å². The highest BCUT2D eigenvalue weighted by Gasteiger charge is 2.13. The Hall–Kier alpha value is -3.33. The van der Waals surface area contributed by atoms with Gasteiger partial charge in [-0.3, -0.25) is 14.9 Å². The van der Waals surface area contributed by atoms with Gasteiger partial charge in [-0.05, 0) is 42.3 Å². The summed E-state index contributed by atoms with van der Waals surface area (Å²) in [6.45, 7) is -0.234. The maximum Gasteiger partial charge on any atom is 0.320 e. The molecule has 0 fully saturated rings. The van der Waals surface area contributed by atoms with Gasteiger partial charge >= 0.3 is 5.97 Å². The molecule has 0 saturated carbocycles. The summed E-state index contributed by atoms with van der Waals surface area (Å²) in [7, 11) is 0. The molecule has 0 heterocycles. The van der Waals surface area contributed by atoms with Crippen LogP contribution in [0.1, 0.15) is 21.5 Å². The molecule has 6 N–H and O–H groups in total. The molecule has 2 aromatic carbocycles. The van der Waals surface area contributed by atoms with Gasteiger partial charge in [0.1, 0.15) is 17.7 Å². The number of halogens is 2. The molecule has 27 heavy (non-hydrogen) atoms. The molecule has 9 heteroatoms. The minimum absolute atomic E-state index is 0.00585. The largest absolute Gasteiger partial charge is 0.480 e. The highest BCUT2D eigenvalue weighted by atomic mass is 19.1. The maximum atomic E-state index is 13.5. The summed E-state index contributed by atoms with van der Waals surface area (Å²) < 4.78 is 26.6. The van der Waals surface area contributed by atoms with Gasteiger partial charge < -0.3 is 16.6 Å². The summed E-state index contributed by atoms with van der Waals surface area (Å²) in [5, 5.41) is 11.1. The zero-order valence-corrected chi connectivity index (χ0v) is 14.2. The summed E-state index contributed by atoms with van der Waals surface area (Å²) in [6, 6.07) is 8.05. The predicted octanol–water partition coefficient (Wildman–Crippen LogP) is 1.16. The van der Waals surface area contributed by atoms with E-state index >= 15 is 0 Å². The van der Waals surface area contributed by atoms with Crippen LogP contribution >= 0.6 is 0 Å². The van der Waals surface area contributed by atoms with Gasteiger partial charge in [-0.15, -0.1) is 0 Å². The van der Waals surface area contributed by atoms with Crippen LogP contribution in [-0.2, 0) is 17.8 Å². The van der Waals surface area contributed by atoms with Gasteiger partial charge in [-0.2, -0.15) is 0 Å². The van der Waals surface area contributed by atoms with Gasteiger partial charge in [0.2, 0.25) is 0 Å². The van der Waals surface area contributed by atoms with Crippen molar-refractivity contribution in [1.82, 2.24) is 5.32 Å². The van der Waals surface area contributed by atoms with Crippen LogP contribution in [0.25, 0.3) is 0 Å². The molecule has 0 saturated heterocycles. The molecule has 0 radical (unpaired) electrons. The summed E-state index contributed by atoms with van der Waals surface area (Å²) in [5.74, 6) is -3.15. The van der Waals surface area contributed by atoms with Crippen molar-refractivity contribution >= 4 is 17.8 Å². The molecule has 0 aliphatic heterocycles. The van der Waals surface area contributed by atoms with Crippen LogP contribution in [0.3, 0.4) is 0 Å². The summed E-state index contributed by atoms with van der Waals surface area (Å²) >= 11 is 0. The van der Waals surface area contributed by atoms with Crippen molar-refractivity contribution in [2.75, 3.05) is 0 Å². The Balaban J connectivity index is 1.97. The lowest BCUT2D eigenvalue weighted by atomic mass is 10.0. The number of carbonyl (C=O) groups excluding carboxylic acids is 1. The number of nitrogens with one attached hydrogen (secondary N) is 1. The fourth-order valence-corrected chi connectivity index (χ4v) is 2.20. The number of benzene rings is 2. The highest BCUT2D eigenvalue weighted by Crippen LogP contribution is 2.11. The molecule has 0 unspecified atom stereocenters. The van der Waals surface area contributed by atoms with Crippen molar-refractivity contribution in [2.45, 2.75) is 19.0 Å². The second kappa shape index (κ2) is 8.86. The first-order chi connectivity index (χ1) is 12.8. The first kappa shape index (κ1) is 20.0. The van der Waals surface area contributed by atoms with E-state index in [1.807, 2.05) is 0 Å². The second-order valence-corrected chi connectivity index (χ2v) is 5.74. The molecule has 0 aliphatic rings. The number of nitrogens with two attached hydrogens (primary N) is 2. The van der Waals surface area contributed by atoms with Crippen LogP contribution in [0, 0.1) is 11.6 Å². The number of carboxylic acids is 1. The van der Waals surface area contributed by atoms with Gasteiger partial charge in [-0.25, -0.2) is 13.8 Å². The molecule has 2 aromatic rings. The third kappa shape index (κ3) is 5.86. The van der Waals surface area contributed by atoms with E-state index in [2.05, 4.69) is 10.3 Å². The second-order valence-electron chi connectivity index (χ2n) is 5.74. The number of amides is 1. The van der Waals surface area contributed by atoms with E-state index in [0.717, 1.165) is 18.2 Å². The van der Waals surface area contributed by atoms with Crippen molar-refractivity contribution in [3.63, 3.8) is 0 Å². The Labute approximate surface area is 153 Å². The average molecular weight is 376 g/mol. The quantitative estimate of drug-likeness (QED) is 0.444. The van der Waals surface area contributed by atoms with Crippen molar-refractivity contribution in [1.29, 1.82) is 0 Å². The number of nitrogens with zero attached hydrogens (tertiary/aromatic N) is 1. The lowest BCUT2D eigenvalue weighted by molar-refractivity contribution is -0.138. The molecule has 2 rings (SSSR count). The number of guanidine groups is 1. The molecule has 1 amide bonds. The smallest absolute Gasteiger partial charge is 0.320 e. The molecule has 0 spiro atoms. The standard InChI is InChI=1S/C18H18F2N4O3/c19-13-5-6-14(20)12(8-13)9-23-18(22)24-16(25)11-3-1-10(2-4-11)7-15(21)17(26)27/h1-6,8,15H,7,9,21H2,(H,26,27)(H3,22,23,24,25)/t15-/m0/s1. The molecule has 0 aromatic heterocycles. The Bertz CT molecular complexity index is 869. The monoisotopic (exact) mass is 376 g/mol. The molecule has 142 valence electrons. The van der Waals surface area contributed by atoms with Crippen LogP contribution < -0.4 is 16.8 Å². The number of carboxylic acid groups (broad SMARTS) is 1. The molecular weight excluding hydrogens is 358 g/mol. The SMILES string of the molecule is NC(=NCc1cc(F)ccc1F)NC(=O)c1ccc(C[C@H](N)C(=O)O)cc1. The van der Waals surface area contributed by atoms with E-state index in [0.29, 0.717) is 5.56 Å². The van der Waals surface area contributed by atoms with Gasteiger partial charge in [0.25, 0.3) is 5.91 Å². The van der Waals surface area contributed by atoms with Crippen molar-refractivity contribution < 1.29 is 23.5 Å². The predicted molar refractivity (Wildman–Crippen MR) is 94.9 cm³/mol.